The van der Waals surface area contributed by atoms with Gasteiger partial charge in [-0.05, 0) is 31.1 Å². The maximum absolute atomic E-state index is 12.9. The van der Waals surface area contributed by atoms with Crippen LogP contribution >= 0.6 is 0 Å². The second-order valence-corrected chi connectivity index (χ2v) is 21.4. The lowest BCUT2D eigenvalue weighted by molar-refractivity contribution is -0.167. The summed E-state index contributed by atoms with van der Waals surface area (Å²) in [5, 5.41) is 0. The van der Waals surface area contributed by atoms with E-state index in [1.807, 2.05) is 0 Å². The van der Waals surface area contributed by atoms with Gasteiger partial charge in [0.05, 0.1) is 0 Å². The van der Waals surface area contributed by atoms with Gasteiger partial charge >= 0.3 is 17.9 Å². The molecular weight excluding hydrogens is 817 g/mol. The number of esters is 3. The lowest BCUT2D eigenvalue weighted by Gasteiger charge is -2.18. The Kier molecular flexibility index (Phi) is 51.5. The van der Waals surface area contributed by atoms with Gasteiger partial charge in [0, 0.05) is 19.3 Å². The molecule has 0 aromatic rings. The monoisotopic (exact) mass is 933 g/mol. The molecule has 2 atom stereocenters. The SMILES string of the molecule is CCCCCCCCCCCCCCCCC(=O)OC[C@@H](COC(=O)CCCCCCCCCCCCCCCCC(C)CC)OC(=O)CCCCCCCCCCCCCCCC(C)C. The van der Waals surface area contributed by atoms with Crippen molar-refractivity contribution >= 4 is 17.9 Å². The molecule has 0 bridgehead atoms. The molecule has 6 nitrogen and oxygen atoms in total. The van der Waals surface area contributed by atoms with Crippen LogP contribution in [0.25, 0.3) is 0 Å². The van der Waals surface area contributed by atoms with Crippen molar-refractivity contribution in [1.29, 1.82) is 0 Å². The maximum Gasteiger partial charge on any atom is 0.306 e. The number of ether oxygens (including phenoxy) is 3. The van der Waals surface area contributed by atoms with E-state index >= 15 is 0 Å². The lowest BCUT2D eigenvalue weighted by Crippen LogP contribution is -2.30. The van der Waals surface area contributed by atoms with Crippen molar-refractivity contribution in [2.45, 2.75) is 343 Å². The van der Waals surface area contributed by atoms with Gasteiger partial charge in [-0.25, -0.2) is 0 Å². The number of unbranched alkanes of at least 4 members (excludes halogenated alkanes) is 38. The van der Waals surface area contributed by atoms with Gasteiger partial charge in [0.15, 0.2) is 6.10 Å². The van der Waals surface area contributed by atoms with Crippen LogP contribution in [-0.4, -0.2) is 37.2 Å². The Balaban J connectivity index is 4.30. The molecule has 6 heteroatoms. The number of hydrogen-bond donors (Lipinski definition) is 0. The van der Waals surface area contributed by atoms with Crippen molar-refractivity contribution in [3.8, 4) is 0 Å². The fourth-order valence-corrected chi connectivity index (χ4v) is 9.20. The van der Waals surface area contributed by atoms with Crippen molar-refractivity contribution < 1.29 is 28.6 Å². The van der Waals surface area contributed by atoms with Gasteiger partial charge in [-0.3, -0.25) is 14.4 Å². The Morgan fingerprint density at radius 3 is 0.864 bits per heavy atom. The third-order valence-corrected chi connectivity index (χ3v) is 14.1. The number of carbonyl (C=O) groups is 3. The molecule has 1 unspecified atom stereocenters. The van der Waals surface area contributed by atoms with E-state index < -0.39 is 6.10 Å². The predicted octanol–water partition coefficient (Wildman–Crippen LogP) is 19.7. The highest BCUT2D eigenvalue weighted by Gasteiger charge is 2.19. The first-order valence-electron chi connectivity index (χ1n) is 29.8. The smallest absolute Gasteiger partial charge is 0.306 e. The van der Waals surface area contributed by atoms with Crippen LogP contribution < -0.4 is 0 Å². The highest BCUT2D eigenvalue weighted by atomic mass is 16.6. The van der Waals surface area contributed by atoms with E-state index in [1.54, 1.807) is 0 Å². The molecule has 0 heterocycles. The van der Waals surface area contributed by atoms with Crippen LogP contribution in [0.1, 0.15) is 336 Å². The van der Waals surface area contributed by atoms with Crippen LogP contribution in [0.15, 0.2) is 0 Å². The Morgan fingerprint density at radius 2 is 0.576 bits per heavy atom. The molecule has 0 N–H and O–H groups in total. The van der Waals surface area contributed by atoms with Crippen molar-refractivity contribution in [2.24, 2.45) is 11.8 Å². The van der Waals surface area contributed by atoms with Crippen molar-refractivity contribution in [3.63, 3.8) is 0 Å². The standard InChI is InChI=1S/C60H116O6/c1-6-8-9-10-11-12-13-14-20-25-30-35-40-45-50-58(61)64-53-57(66-60(63)52-47-42-37-32-27-22-17-18-23-28-33-38-43-48-55(3)4)54-65-59(62)51-46-41-36-31-26-21-16-15-19-24-29-34-39-44-49-56(5)7-2/h55-57H,6-54H2,1-5H3/t56?,57-/m0/s1. The van der Waals surface area contributed by atoms with Gasteiger partial charge in [0.25, 0.3) is 0 Å². The summed E-state index contributed by atoms with van der Waals surface area (Å²) in [5.74, 6) is 0.897. The van der Waals surface area contributed by atoms with Crippen molar-refractivity contribution in [2.75, 3.05) is 13.2 Å². The van der Waals surface area contributed by atoms with Gasteiger partial charge < -0.3 is 14.2 Å². The Hall–Kier alpha value is -1.59. The third-order valence-electron chi connectivity index (χ3n) is 14.1. The molecule has 66 heavy (non-hydrogen) atoms. The van der Waals surface area contributed by atoms with E-state index in [9.17, 15) is 14.4 Å². The summed E-state index contributed by atoms with van der Waals surface area (Å²) in [4.78, 5) is 38.2. The minimum Gasteiger partial charge on any atom is -0.462 e. The van der Waals surface area contributed by atoms with E-state index in [4.69, 9.17) is 14.2 Å². The molecule has 0 radical (unpaired) electrons. The van der Waals surface area contributed by atoms with Gasteiger partial charge in [-0.15, -0.1) is 0 Å². The van der Waals surface area contributed by atoms with E-state index in [-0.39, 0.29) is 31.1 Å². The van der Waals surface area contributed by atoms with E-state index in [0.29, 0.717) is 19.3 Å². The molecule has 0 rings (SSSR count). The van der Waals surface area contributed by atoms with Gasteiger partial charge in [-0.2, -0.15) is 0 Å². The molecule has 0 fully saturated rings. The summed E-state index contributed by atoms with van der Waals surface area (Å²) < 4.78 is 16.9. The summed E-state index contributed by atoms with van der Waals surface area (Å²) in [6, 6.07) is 0. The molecule has 0 aromatic heterocycles. The van der Waals surface area contributed by atoms with E-state index in [0.717, 1.165) is 69.6 Å². The average molecular weight is 934 g/mol. The molecule has 0 aliphatic heterocycles. The Labute approximate surface area is 412 Å². The van der Waals surface area contributed by atoms with Gasteiger partial charge in [-0.1, -0.05) is 298 Å². The Bertz CT molecular complexity index is 1010. The van der Waals surface area contributed by atoms with Crippen LogP contribution in [0.5, 0.6) is 0 Å². The normalized spacial score (nSPS) is 12.5. The summed E-state index contributed by atoms with van der Waals surface area (Å²) in [6.45, 7) is 11.5. The second kappa shape index (κ2) is 52.8. The molecule has 0 aromatic carbocycles. The largest absolute Gasteiger partial charge is 0.462 e. The number of carbonyl (C=O) groups excluding carboxylic acids is 3. The first kappa shape index (κ1) is 64.4. The topological polar surface area (TPSA) is 78.9 Å². The first-order chi connectivity index (χ1) is 32.3. The van der Waals surface area contributed by atoms with Crippen LogP contribution in [0, 0.1) is 11.8 Å². The quantitative estimate of drug-likeness (QED) is 0.0343. The van der Waals surface area contributed by atoms with Crippen LogP contribution in [0.4, 0.5) is 0 Å². The highest BCUT2D eigenvalue weighted by Crippen LogP contribution is 2.19. The highest BCUT2D eigenvalue weighted by molar-refractivity contribution is 5.71. The summed E-state index contributed by atoms with van der Waals surface area (Å²) in [5.41, 5.74) is 0. The molecule has 0 aliphatic carbocycles. The van der Waals surface area contributed by atoms with Crippen LogP contribution in [-0.2, 0) is 28.6 Å². The van der Waals surface area contributed by atoms with E-state index in [1.165, 1.54) is 225 Å². The fraction of sp³-hybridized carbons (Fsp3) is 0.950. The van der Waals surface area contributed by atoms with Gasteiger partial charge in [0.1, 0.15) is 13.2 Å². The summed E-state index contributed by atoms with van der Waals surface area (Å²) >= 11 is 0. The zero-order chi connectivity index (χ0) is 48.2. The Morgan fingerprint density at radius 1 is 0.318 bits per heavy atom. The minimum absolute atomic E-state index is 0.0624. The predicted molar refractivity (Wildman–Crippen MR) is 284 cm³/mol. The van der Waals surface area contributed by atoms with Crippen molar-refractivity contribution in [3.05, 3.63) is 0 Å². The number of hydrogen-bond acceptors (Lipinski definition) is 6. The minimum atomic E-state index is -0.763. The zero-order valence-electron chi connectivity index (χ0n) is 45.3. The summed E-state index contributed by atoms with van der Waals surface area (Å²) in [7, 11) is 0. The summed E-state index contributed by atoms with van der Waals surface area (Å²) in [6.07, 6.45) is 56.5. The first-order valence-corrected chi connectivity index (χ1v) is 29.8. The average Bonchev–Trinajstić information content (AvgIpc) is 3.30. The molecule has 0 saturated carbocycles. The number of rotatable bonds is 54. The fourth-order valence-electron chi connectivity index (χ4n) is 9.20. The zero-order valence-corrected chi connectivity index (χ0v) is 45.3. The third kappa shape index (κ3) is 51.8. The van der Waals surface area contributed by atoms with Gasteiger partial charge in [0.2, 0.25) is 0 Å². The molecule has 0 saturated heterocycles. The van der Waals surface area contributed by atoms with E-state index in [2.05, 4.69) is 34.6 Å². The van der Waals surface area contributed by atoms with Crippen molar-refractivity contribution in [1.82, 2.24) is 0 Å². The molecular formula is C60H116O6. The lowest BCUT2D eigenvalue weighted by atomic mass is 9.99. The van der Waals surface area contributed by atoms with Crippen LogP contribution in [0.2, 0.25) is 0 Å². The molecule has 0 spiro atoms. The maximum atomic E-state index is 12.9. The second-order valence-electron chi connectivity index (χ2n) is 21.4. The molecule has 0 amide bonds. The van der Waals surface area contributed by atoms with Crippen LogP contribution in [0.3, 0.4) is 0 Å². The molecule has 392 valence electrons. The molecule has 0 aliphatic rings.